The number of ketones is 1. The van der Waals surface area contributed by atoms with Crippen molar-refractivity contribution in [1.82, 2.24) is 5.32 Å². The number of benzene rings is 1. The van der Waals surface area contributed by atoms with Crippen LogP contribution in [-0.2, 0) is 9.59 Å². The van der Waals surface area contributed by atoms with E-state index in [1.807, 2.05) is 43.3 Å². The highest BCUT2D eigenvalue weighted by atomic mass is 16.1. The van der Waals surface area contributed by atoms with Crippen molar-refractivity contribution in [3.8, 4) is 0 Å². The summed E-state index contributed by atoms with van der Waals surface area (Å²) in [6.07, 6.45) is 5.98. The van der Waals surface area contributed by atoms with Gasteiger partial charge >= 0.3 is 0 Å². The lowest BCUT2D eigenvalue weighted by Crippen LogP contribution is -2.24. The fourth-order valence-electron chi connectivity index (χ4n) is 1.64. The summed E-state index contributed by atoms with van der Waals surface area (Å²) in [6.45, 7) is 2.54. The Bertz CT molecular complexity index is 424. The van der Waals surface area contributed by atoms with Gasteiger partial charge < -0.3 is 5.32 Å². The van der Waals surface area contributed by atoms with Crippen LogP contribution in [0.5, 0.6) is 0 Å². The molecule has 0 aliphatic carbocycles. The van der Waals surface area contributed by atoms with Gasteiger partial charge in [0.1, 0.15) is 0 Å². The second kappa shape index (κ2) is 9.09. The van der Waals surface area contributed by atoms with Crippen molar-refractivity contribution < 1.29 is 9.59 Å². The van der Waals surface area contributed by atoms with Crippen LogP contribution in [0.25, 0.3) is 6.08 Å². The van der Waals surface area contributed by atoms with E-state index in [2.05, 4.69) is 5.32 Å². The average Bonchev–Trinajstić information content (AvgIpc) is 2.43. The quantitative estimate of drug-likeness (QED) is 0.576. The molecule has 19 heavy (non-hydrogen) atoms. The first-order valence-corrected chi connectivity index (χ1v) is 6.75. The minimum absolute atomic E-state index is 0.0646. The van der Waals surface area contributed by atoms with Crippen molar-refractivity contribution in [2.45, 2.75) is 32.6 Å². The Balaban J connectivity index is 2.18. The Hall–Kier alpha value is -1.90. The first-order chi connectivity index (χ1) is 9.22. The van der Waals surface area contributed by atoms with Crippen LogP contribution in [0.2, 0.25) is 0 Å². The fourth-order valence-corrected chi connectivity index (χ4v) is 1.64. The molecule has 1 N–H and O–H groups in total. The van der Waals surface area contributed by atoms with Crippen LogP contribution in [0.1, 0.15) is 38.2 Å². The lowest BCUT2D eigenvalue weighted by molar-refractivity contribution is -0.121. The van der Waals surface area contributed by atoms with Gasteiger partial charge in [-0.05, 0) is 24.5 Å². The summed E-state index contributed by atoms with van der Waals surface area (Å²) in [7, 11) is 0. The van der Waals surface area contributed by atoms with Gasteiger partial charge in [-0.2, -0.15) is 0 Å². The molecule has 0 aliphatic rings. The highest BCUT2D eigenvalue weighted by molar-refractivity contribution is 5.93. The number of carbonyl (C=O) groups is 2. The smallest absolute Gasteiger partial charge is 0.219 e. The third-order valence-electron chi connectivity index (χ3n) is 2.66. The predicted molar refractivity (Wildman–Crippen MR) is 77.6 cm³/mol. The van der Waals surface area contributed by atoms with Crippen molar-refractivity contribution >= 4 is 17.8 Å². The number of hydrogen-bond acceptors (Lipinski definition) is 2. The van der Waals surface area contributed by atoms with Crippen LogP contribution in [0, 0.1) is 0 Å². The Morgan fingerprint density at radius 3 is 2.58 bits per heavy atom. The van der Waals surface area contributed by atoms with E-state index >= 15 is 0 Å². The number of allylic oxidation sites excluding steroid dienone is 1. The molecule has 1 aromatic rings. The summed E-state index contributed by atoms with van der Waals surface area (Å²) in [5, 5.41) is 2.80. The number of amides is 1. The molecular weight excluding hydrogens is 238 g/mol. The zero-order chi connectivity index (χ0) is 13.9. The van der Waals surface area contributed by atoms with Gasteiger partial charge in [0.05, 0.1) is 0 Å². The minimum atomic E-state index is 0.0646. The Labute approximate surface area is 114 Å². The third kappa shape index (κ3) is 7.19. The molecule has 0 spiro atoms. The van der Waals surface area contributed by atoms with Crippen molar-refractivity contribution in [3.63, 3.8) is 0 Å². The van der Waals surface area contributed by atoms with Crippen LogP contribution in [0.4, 0.5) is 0 Å². The second-order valence-electron chi connectivity index (χ2n) is 4.41. The minimum Gasteiger partial charge on any atom is -0.356 e. The summed E-state index contributed by atoms with van der Waals surface area (Å²) < 4.78 is 0. The number of nitrogens with one attached hydrogen (secondary N) is 1. The molecule has 0 atom stereocenters. The maximum atomic E-state index is 11.6. The average molecular weight is 259 g/mol. The van der Waals surface area contributed by atoms with Gasteiger partial charge in [0.25, 0.3) is 0 Å². The Morgan fingerprint density at radius 1 is 1.16 bits per heavy atom. The van der Waals surface area contributed by atoms with Crippen LogP contribution < -0.4 is 5.32 Å². The molecule has 0 heterocycles. The van der Waals surface area contributed by atoms with Gasteiger partial charge in [0.2, 0.25) is 5.91 Å². The first kappa shape index (κ1) is 15.2. The maximum absolute atomic E-state index is 11.6. The summed E-state index contributed by atoms with van der Waals surface area (Å²) >= 11 is 0. The van der Waals surface area contributed by atoms with Gasteiger partial charge in [-0.3, -0.25) is 9.59 Å². The van der Waals surface area contributed by atoms with Crippen LogP contribution in [0.3, 0.4) is 0 Å². The van der Waals surface area contributed by atoms with E-state index in [1.54, 1.807) is 6.08 Å². The fraction of sp³-hybridized carbons (Fsp3) is 0.375. The molecule has 0 unspecified atom stereocenters. The zero-order valence-corrected chi connectivity index (χ0v) is 11.4. The first-order valence-electron chi connectivity index (χ1n) is 6.75. The summed E-state index contributed by atoms with van der Waals surface area (Å²) in [5.74, 6) is 0.156. The molecule has 0 aliphatic heterocycles. The molecule has 3 heteroatoms. The van der Waals surface area contributed by atoms with E-state index in [9.17, 15) is 9.59 Å². The molecule has 102 valence electrons. The highest BCUT2D eigenvalue weighted by Gasteiger charge is 2.00. The van der Waals surface area contributed by atoms with E-state index < -0.39 is 0 Å². The summed E-state index contributed by atoms with van der Waals surface area (Å²) in [6, 6.07) is 9.72. The molecule has 0 radical (unpaired) electrons. The normalized spacial score (nSPS) is 10.6. The monoisotopic (exact) mass is 259 g/mol. The lowest BCUT2D eigenvalue weighted by Gasteiger charge is -2.02. The lowest BCUT2D eigenvalue weighted by atomic mass is 10.1. The van der Waals surface area contributed by atoms with E-state index in [-0.39, 0.29) is 11.7 Å². The van der Waals surface area contributed by atoms with E-state index in [1.165, 1.54) is 0 Å². The zero-order valence-electron chi connectivity index (χ0n) is 11.4. The summed E-state index contributed by atoms with van der Waals surface area (Å²) in [5.41, 5.74) is 1.02. The molecule has 1 aromatic carbocycles. The second-order valence-corrected chi connectivity index (χ2v) is 4.41. The molecule has 0 bridgehead atoms. The van der Waals surface area contributed by atoms with E-state index in [4.69, 9.17) is 0 Å². The third-order valence-corrected chi connectivity index (χ3v) is 2.66. The summed E-state index contributed by atoms with van der Waals surface area (Å²) in [4.78, 5) is 22.8. The van der Waals surface area contributed by atoms with Gasteiger partial charge in [-0.1, -0.05) is 43.3 Å². The van der Waals surface area contributed by atoms with Gasteiger partial charge in [0.15, 0.2) is 5.78 Å². The molecule has 0 fully saturated rings. The van der Waals surface area contributed by atoms with Crippen LogP contribution in [-0.4, -0.2) is 18.2 Å². The predicted octanol–water partition coefficient (Wildman–Crippen LogP) is 2.97. The van der Waals surface area contributed by atoms with E-state index in [0.29, 0.717) is 25.8 Å². The standard InChI is InChI=1S/C16H21NO2/c1-2-7-16(19)17-13-6-10-15(18)12-11-14-8-4-3-5-9-14/h3-5,8-9,11-12H,2,6-7,10,13H2,1H3,(H,17,19)/b12-11+. The van der Waals surface area contributed by atoms with Gasteiger partial charge in [0, 0.05) is 19.4 Å². The molecule has 3 nitrogen and oxygen atoms in total. The molecule has 0 aromatic heterocycles. The molecule has 1 amide bonds. The molecule has 1 rings (SSSR count). The van der Waals surface area contributed by atoms with Crippen molar-refractivity contribution in [2.24, 2.45) is 0 Å². The van der Waals surface area contributed by atoms with Crippen molar-refractivity contribution in [3.05, 3.63) is 42.0 Å². The van der Waals surface area contributed by atoms with Crippen LogP contribution >= 0.6 is 0 Å². The molecule has 0 saturated carbocycles. The number of carbonyl (C=O) groups excluding carboxylic acids is 2. The number of hydrogen-bond donors (Lipinski definition) is 1. The Kier molecular flexibility index (Phi) is 7.25. The largest absolute Gasteiger partial charge is 0.356 e. The molecular formula is C16H21NO2. The highest BCUT2D eigenvalue weighted by Crippen LogP contribution is 2.02. The maximum Gasteiger partial charge on any atom is 0.219 e. The van der Waals surface area contributed by atoms with Gasteiger partial charge in [-0.15, -0.1) is 0 Å². The van der Waals surface area contributed by atoms with Gasteiger partial charge in [-0.25, -0.2) is 0 Å². The Morgan fingerprint density at radius 2 is 1.89 bits per heavy atom. The van der Waals surface area contributed by atoms with E-state index in [0.717, 1.165) is 12.0 Å². The molecule has 0 saturated heterocycles. The van der Waals surface area contributed by atoms with Crippen LogP contribution in [0.15, 0.2) is 36.4 Å². The SMILES string of the molecule is CCCC(=O)NCCCC(=O)/C=C/c1ccccc1. The topological polar surface area (TPSA) is 46.2 Å². The van der Waals surface area contributed by atoms with Crippen molar-refractivity contribution in [2.75, 3.05) is 6.54 Å². The van der Waals surface area contributed by atoms with Crippen molar-refractivity contribution in [1.29, 1.82) is 0 Å². The number of rotatable bonds is 8.